The van der Waals surface area contributed by atoms with Crippen LogP contribution in [0, 0.1) is 11.3 Å². The summed E-state index contributed by atoms with van der Waals surface area (Å²) < 4.78 is 4.81. The Balaban J connectivity index is 2.36. The summed E-state index contributed by atoms with van der Waals surface area (Å²) in [5.74, 6) is 0.812. The molecule has 0 unspecified atom stereocenters. The third-order valence-corrected chi connectivity index (χ3v) is 4.12. The SMILES string of the molecule is CC(C)(CCC(=O)O[SiH3])C1CCCC1. The van der Waals surface area contributed by atoms with Gasteiger partial charge in [-0.25, -0.2) is 0 Å². The zero-order chi connectivity index (χ0) is 10.6. The van der Waals surface area contributed by atoms with Gasteiger partial charge in [0, 0.05) is 6.42 Å². The van der Waals surface area contributed by atoms with E-state index in [1.54, 1.807) is 0 Å². The molecule has 0 aromatic carbocycles. The molecule has 0 aromatic rings. The van der Waals surface area contributed by atoms with Gasteiger partial charge in [0.1, 0.15) is 0 Å². The van der Waals surface area contributed by atoms with Crippen molar-refractivity contribution in [2.24, 2.45) is 11.3 Å². The molecule has 0 aromatic heterocycles. The van der Waals surface area contributed by atoms with Crippen LogP contribution in [0.1, 0.15) is 52.4 Å². The highest BCUT2D eigenvalue weighted by molar-refractivity contribution is 6.05. The Bertz CT molecular complexity index is 195. The number of carbonyl (C=O) groups is 1. The molecular weight excluding hydrogens is 192 g/mol. The van der Waals surface area contributed by atoms with Gasteiger partial charge in [0.2, 0.25) is 10.5 Å². The summed E-state index contributed by atoms with van der Waals surface area (Å²) in [6, 6.07) is 0. The normalized spacial score (nSPS) is 18.7. The van der Waals surface area contributed by atoms with Crippen LogP contribution in [0.15, 0.2) is 0 Å². The van der Waals surface area contributed by atoms with Crippen molar-refractivity contribution in [3.63, 3.8) is 0 Å². The molecule has 0 spiro atoms. The molecule has 14 heavy (non-hydrogen) atoms. The predicted octanol–water partition coefficient (Wildman–Crippen LogP) is 1.81. The van der Waals surface area contributed by atoms with Gasteiger partial charge >= 0.3 is 0 Å². The fourth-order valence-corrected chi connectivity index (χ4v) is 2.64. The summed E-state index contributed by atoms with van der Waals surface area (Å²) >= 11 is 0. The lowest BCUT2D eigenvalue weighted by atomic mass is 9.74. The third-order valence-electron chi connectivity index (χ3n) is 3.66. The topological polar surface area (TPSA) is 26.3 Å². The van der Waals surface area contributed by atoms with Crippen LogP contribution in [0.25, 0.3) is 0 Å². The van der Waals surface area contributed by atoms with Crippen molar-refractivity contribution in [3.05, 3.63) is 0 Å². The van der Waals surface area contributed by atoms with Crippen LogP contribution >= 0.6 is 0 Å². The minimum atomic E-state index is -0.0114. The van der Waals surface area contributed by atoms with Crippen LogP contribution < -0.4 is 0 Å². The Kier molecular flexibility index (Phi) is 4.17. The van der Waals surface area contributed by atoms with Gasteiger partial charge in [0.05, 0.1) is 0 Å². The molecule has 0 saturated heterocycles. The molecule has 0 bridgehead atoms. The van der Waals surface area contributed by atoms with Gasteiger partial charge in [-0.1, -0.05) is 26.7 Å². The highest BCUT2D eigenvalue weighted by atomic mass is 28.2. The van der Waals surface area contributed by atoms with Crippen molar-refractivity contribution >= 4 is 16.5 Å². The summed E-state index contributed by atoms with van der Waals surface area (Å²) in [6.07, 6.45) is 7.04. The van der Waals surface area contributed by atoms with Crippen molar-refractivity contribution < 1.29 is 9.22 Å². The molecule has 1 rings (SSSR count). The third kappa shape index (κ3) is 3.12. The molecule has 0 aliphatic heterocycles. The average Bonchev–Trinajstić information content (AvgIpc) is 2.67. The maximum atomic E-state index is 11.1. The van der Waals surface area contributed by atoms with E-state index in [0.717, 1.165) is 12.3 Å². The second-order valence-electron chi connectivity index (χ2n) is 5.05. The van der Waals surface area contributed by atoms with Crippen LogP contribution in [0.4, 0.5) is 0 Å². The molecule has 1 saturated carbocycles. The molecule has 3 heteroatoms. The van der Waals surface area contributed by atoms with E-state index in [0.29, 0.717) is 22.3 Å². The summed E-state index contributed by atoms with van der Waals surface area (Å²) in [5.41, 5.74) is 0.326. The van der Waals surface area contributed by atoms with E-state index in [9.17, 15) is 4.79 Å². The smallest absolute Gasteiger partial charge is 0.291 e. The van der Waals surface area contributed by atoms with Crippen molar-refractivity contribution in [1.29, 1.82) is 0 Å². The fraction of sp³-hybridized carbons (Fsp3) is 0.909. The molecule has 1 fully saturated rings. The number of carbonyl (C=O) groups excluding carboxylic acids is 1. The molecule has 0 amide bonds. The van der Waals surface area contributed by atoms with Crippen molar-refractivity contribution in [2.75, 3.05) is 0 Å². The van der Waals surface area contributed by atoms with Gasteiger partial charge in [0.25, 0.3) is 5.97 Å². The van der Waals surface area contributed by atoms with Crippen LogP contribution in [0.3, 0.4) is 0 Å². The molecule has 0 atom stereocenters. The molecule has 82 valence electrons. The highest BCUT2D eigenvalue weighted by Gasteiger charge is 2.31. The van der Waals surface area contributed by atoms with Gasteiger partial charge in [-0.2, -0.15) is 0 Å². The Hall–Kier alpha value is -0.313. The van der Waals surface area contributed by atoms with E-state index in [-0.39, 0.29) is 5.97 Å². The zero-order valence-corrected chi connectivity index (χ0v) is 11.6. The molecule has 2 nitrogen and oxygen atoms in total. The van der Waals surface area contributed by atoms with Gasteiger partial charge < -0.3 is 4.43 Å². The molecular formula is C11H22O2Si. The standard InChI is InChI=1S/C11H22O2Si/c1-11(2,8-7-10(12)13-14)9-5-3-4-6-9/h9H,3-8H2,1-2,14H3. The second-order valence-corrected chi connectivity index (χ2v) is 5.45. The largest absolute Gasteiger partial charge is 0.529 e. The van der Waals surface area contributed by atoms with E-state index in [1.807, 2.05) is 0 Å². The molecule has 0 radical (unpaired) electrons. The van der Waals surface area contributed by atoms with Crippen LogP contribution in [-0.4, -0.2) is 16.5 Å². The van der Waals surface area contributed by atoms with E-state index in [1.165, 1.54) is 25.7 Å². The van der Waals surface area contributed by atoms with E-state index in [4.69, 9.17) is 4.43 Å². The highest BCUT2D eigenvalue weighted by Crippen LogP contribution is 2.42. The Morgan fingerprint density at radius 3 is 2.50 bits per heavy atom. The Labute approximate surface area is 90.0 Å². The van der Waals surface area contributed by atoms with Crippen LogP contribution in [0.2, 0.25) is 0 Å². The first-order valence-electron chi connectivity index (χ1n) is 5.63. The lowest BCUT2D eigenvalue weighted by molar-refractivity contribution is -0.134. The first kappa shape index (κ1) is 11.8. The summed E-state index contributed by atoms with van der Waals surface area (Å²) in [5, 5.41) is 0. The van der Waals surface area contributed by atoms with Gasteiger partial charge in [-0.05, 0) is 30.6 Å². The zero-order valence-electron chi connectivity index (χ0n) is 9.64. The van der Waals surface area contributed by atoms with Crippen LogP contribution in [-0.2, 0) is 9.22 Å². The van der Waals surface area contributed by atoms with Crippen molar-refractivity contribution in [3.8, 4) is 0 Å². The maximum absolute atomic E-state index is 11.1. The van der Waals surface area contributed by atoms with Crippen molar-refractivity contribution in [1.82, 2.24) is 0 Å². The predicted molar refractivity (Wildman–Crippen MR) is 61.0 cm³/mol. The lowest BCUT2D eigenvalue weighted by Gasteiger charge is -2.31. The second kappa shape index (κ2) is 4.96. The summed E-state index contributed by atoms with van der Waals surface area (Å²) in [6.45, 7) is 4.59. The molecule has 1 aliphatic rings. The van der Waals surface area contributed by atoms with E-state index < -0.39 is 0 Å². The number of rotatable bonds is 4. The monoisotopic (exact) mass is 214 g/mol. The summed E-state index contributed by atoms with van der Waals surface area (Å²) in [4.78, 5) is 11.1. The number of hydrogen-bond acceptors (Lipinski definition) is 2. The van der Waals surface area contributed by atoms with Gasteiger partial charge in [0.15, 0.2) is 0 Å². The molecule has 0 N–H and O–H groups in total. The summed E-state index contributed by atoms with van der Waals surface area (Å²) in [7, 11) is 0.535. The fourth-order valence-electron chi connectivity index (χ4n) is 2.44. The van der Waals surface area contributed by atoms with Crippen molar-refractivity contribution in [2.45, 2.75) is 52.4 Å². The average molecular weight is 214 g/mol. The van der Waals surface area contributed by atoms with E-state index in [2.05, 4.69) is 13.8 Å². The van der Waals surface area contributed by atoms with Crippen LogP contribution in [0.5, 0.6) is 0 Å². The quantitative estimate of drug-likeness (QED) is 0.667. The Morgan fingerprint density at radius 2 is 2.00 bits per heavy atom. The van der Waals surface area contributed by atoms with Gasteiger partial charge in [-0.3, -0.25) is 4.79 Å². The molecule has 1 aliphatic carbocycles. The van der Waals surface area contributed by atoms with Gasteiger partial charge in [-0.15, -0.1) is 0 Å². The first-order valence-corrected chi connectivity index (χ1v) is 6.45. The number of hydrogen-bond donors (Lipinski definition) is 0. The minimum absolute atomic E-state index is 0.0114. The maximum Gasteiger partial charge on any atom is 0.291 e. The van der Waals surface area contributed by atoms with E-state index >= 15 is 0 Å². The first-order chi connectivity index (χ1) is 6.56. The lowest BCUT2D eigenvalue weighted by Crippen LogP contribution is -2.23. The minimum Gasteiger partial charge on any atom is -0.529 e. The Morgan fingerprint density at radius 1 is 1.43 bits per heavy atom. The molecule has 0 heterocycles.